The summed E-state index contributed by atoms with van der Waals surface area (Å²) in [6.45, 7) is 0. The van der Waals surface area contributed by atoms with E-state index in [4.69, 9.17) is 4.52 Å². The standard InChI is InChI=1S/C9H7BrN2O2/c10-7-3-1-2-6(4-7)5-8-11-9(13)12-14-8/h1-4H,5H2,(H,12,13). The van der Waals surface area contributed by atoms with Crippen LogP contribution >= 0.6 is 15.9 Å². The Kier molecular flexibility index (Phi) is 2.49. The van der Waals surface area contributed by atoms with E-state index in [0.717, 1.165) is 10.0 Å². The van der Waals surface area contributed by atoms with Crippen molar-refractivity contribution in [1.82, 2.24) is 10.1 Å². The highest BCUT2D eigenvalue weighted by Gasteiger charge is 2.02. The van der Waals surface area contributed by atoms with Gasteiger partial charge in [-0.3, -0.25) is 0 Å². The molecule has 2 aromatic rings. The fourth-order valence-corrected chi connectivity index (χ4v) is 1.61. The molecule has 2 rings (SSSR count). The molecule has 0 aliphatic heterocycles. The molecule has 0 amide bonds. The molecule has 1 aromatic heterocycles. The van der Waals surface area contributed by atoms with E-state index in [0.29, 0.717) is 12.3 Å². The van der Waals surface area contributed by atoms with E-state index in [1.807, 2.05) is 24.3 Å². The topological polar surface area (TPSA) is 58.9 Å². The van der Waals surface area contributed by atoms with Crippen LogP contribution in [0.1, 0.15) is 11.5 Å². The Morgan fingerprint density at radius 2 is 2.36 bits per heavy atom. The van der Waals surface area contributed by atoms with Crippen LogP contribution in [0.15, 0.2) is 38.1 Å². The molecule has 1 N–H and O–H groups in total. The third kappa shape index (κ3) is 2.11. The molecule has 5 heteroatoms. The minimum Gasteiger partial charge on any atom is -0.362 e. The largest absolute Gasteiger partial charge is 0.377 e. The Morgan fingerprint density at radius 1 is 1.50 bits per heavy atom. The van der Waals surface area contributed by atoms with Crippen LogP contribution in [0.3, 0.4) is 0 Å². The molecule has 0 bridgehead atoms. The molecular weight excluding hydrogens is 248 g/mol. The first kappa shape index (κ1) is 9.21. The van der Waals surface area contributed by atoms with Crippen LogP contribution in [0.5, 0.6) is 0 Å². The quantitative estimate of drug-likeness (QED) is 0.888. The van der Waals surface area contributed by atoms with Crippen molar-refractivity contribution in [2.45, 2.75) is 6.42 Å². The minimum atomic E-state index is -0.449. The van der Waals surface area contributed by atoms with Crippen molar-refractivity contribution in [3.8, 4) is 0 Å². The summed E-state index contributed by atoms with van der Waals surface area (Å²) in [5.41, 5.74) is 0.588. The first-order valence-corrected chi connectivity index (χ1v) is 4.82. The normalized spacial score (nSPS) is 10.4. The van der Waals surface area contributed by atoms with Crippen molar-refractivity contribution in [3.05, 3.63) is 50.7 Å². The molecule has 0 aliphatic carbocycles. The Balaban J connectivity index is 2.22. The zero-order valence-electron chi connectivity index (χ0n) is 7.16. The van der Waals surface area contributed by atoms with Gasteiger partial charge in [-0.25, -0.2) is 4.79 Å². The van der Waals surface area contributed by atoms with Crippen LogP contribution in [-0.2, 0) is 6.42 Å². The highest BCUT2D eigenvalue weighted by atomic mass is 79.9. The van der Waals surface area contributed by atoms with Gasteiger partial charge in [0.25, 0.3) is 0 Å². The van der Waals surface area contributed by atoms with Gasteiger partial charge in [-0.05, 0) is 17.7 Å². The van der Waals surface area contributed by atoms with E-state index in [-0.39, 0.29) is 0 Å². The Morgan fingerprint density at radius 3 is 3.00 bits per heavy atom. The molecule has 14 heavy (non-hydrogen) atoms. The van der Waals surface area contributed by atoms with Crippen molar-refractivity contribution in [2.75, 3.05) is 0 Å². The van der Waals surface area contributed by atoms with Gasteiger partial charge in [0.2, 0.25) is 5.89 Å². The third-order valence-electron chi connectivity index (χ3n) is 1.73. The molecule has 4 nitrogen and oxygen atoms in total. The highest BCUT2D eigenvalue weighted by molar-refractivity contribution is 9.10. The van der Waals surface area contributed by atoms with Gasteiger partial charge in [-0.2, -0.15) is 10.1 Å². The van der Waals surface area contributed by atoms with Gasteiger partial charge >= 0.3 is 5.69 Å². The second-order valence-electron chi connectivity index (χ2n) is 2.82. The van der Waals surface area contributed by atoms with Gasteiger partial charge in [0, 0.05) is 4.47 Å². The maximum absolute atomic E-state index is 10.7. The summed E-state index contributed by atoms with van der Waals surface area (Å²) in [7, 11) is 0. The fraction of sp³-hybridized carbons (Fsp3) is 0.111. The first-order chi connectivity index (χ1) is 6.74. The zero-order valence-corrected chi connectivity index (χ0v) is 8.74. The molecule has 0 unspecified atom stereocenters. The van der Waals surface area contributed by atoms with E-state index < -0.39 is 5.69 Å². The Hall–Kier alpha value is -1.36. The second kappa shape index (κ2) is 3.79. The van der Waals surface area contributed by atoms with Crippen LogP contribution < -0.4 is 5.69 Å². The van der Waals surface area contributed by atoms with Crippen LogP contribution in [0.4, 0.5) is 0 Å². The average molecular weight is 255 g/mol. The van der Waals surface area contributed by atoms with E-state index in [9.17, 15) is 4.79 Å². The lowest BCUT2D eigenvalue weighted by Crippen LogP contribution is -2.01. The summed E-state index contributed by atoms with van der Waals surface area (Å²) >= 11 is 3.36. The van der Waals surface area contributed by atoms with E-state index >= 15 is 0 Å². The lowest BCUT2D eigenvalue weighted by Gasteiger charge is -1.96. The van der Waals surface area contributed by atoms with Gasteiger partial charge in [-0.15, -0.1) is 0 Å². The summed E-state index contributed by atoms with van der Waals surface area (Å²) in [5, 5.41) is 2.15. The van der Waals surface area contributed by atoms with Crippen molar-refractivity contribution in [3.63, 3.8) is 0 Å². The number of H-pyrrole nitrogens is 1. The van der Waals surface area contributed by atoms with Gasteiger partial charge in [-0.1, -0.05) is 28.1 Å². The van der Waals surface area contributed by atoms with Gasteiger partial charge in [0.15, 0.2) is 0 Å². The number of benzene rings is 1. The van der Waals surface area contributed by atoms with Crippen LogP contribution in [0.2, 0.25) is 0 Å². The highest BCUT2D eigenvalue weighted by Crippen LogP contribution is 2.13. The van der Waals surface area contributed by atoms with Gasteiger partial charge in [0.1, 0.15) is 0 Å². The molecule has 0 saturated carbocycles. The third-order valence-corrected chi connectivity index (χ3v) is 2.22. The molecule has 0 radical (unpaired) electrons. The predicted octanol–water partition coefficient (Wildman–Crippen LogP) is 1.72. The number of rotatable bonds is 2. The van der Waals surface area contributed by atoms with Crippen molar-refractivity contribution in [1.29, 1.82) is 0 Å². The molecule has 0 atom stereocenters. The van der Waals surface area contributed by atoms with Crippen molar-refractivity contribution >= 4 is 15.9 Å². The number of nitrogens with one attached hydrogen (secondary N) is 1. The molecule has 0 saturated heterocycles. The van der Waals surface area contributed by atoms with Crippen LogP contribution in [-0.4, -0.2) is 10.1 Å². The number of aromatic nitrogens is 2. The summed E-state index contributed by atoms with van der Waals surface area (Å²) in [5.74, 6) is 0.396. The SMILES string of the molecule is O=c1nc(Cc2cccc(Br)c2)o[nH]1. The van der Waals surface area contributed by atoms with Gasteiger partial charge in [0.05, 0.1) is 6.42 Å². The summed E-state index contributed by atoms with van der Waals surface area (Å²) < 4.78 is 5.84. The predicted molar refractivity (Wildman–Crippen MR) is 54.1 cm³/mol. The summed E-state index contributed by atoms with van der Waals surface area (Å²) in [6.07, 6.45) is 0.512. The van der Waals surface area contributed by atoms with E-state index in [2.05, 4.69) is 26.1 Å². The molecule has 72 valence electrons. The lowest BCUT2D eigenvalue weighted by molar-refractivity contribution is 0.380. The molecule has 0 aliphatic rings. The molecular formula is C9H7BrN2O2. The van der Waals surface area contributed by atoms with Crippen molar-refractivity contribution in [2.24, 2.45) is 0 Å². The van der Waals surface area contributed by atoms with E-state index in [1.54, 1.807) is 0 Å². The summed E-state index contributed by atoms with van der Waals surface area (Å²) in [4.78, 5) is 14.3. The van der Waals surface area contributed by atoms with Gasteiger partial charge < -0.3 is 4.52 Å². The Bertz CT molecular complexity index is 489. The first-order valence-electron chi connectivity index (χ1n) is 4.03. The lowest BCUT2D eigenvalue weighted by atomic mass is 10.1. The number of hydrogen-bond acceptors (Lipinski definition) is 3. The van der Waals surface area contributed by atoms with Crippen LogP contribution in [0.25, 0.3) is 0 Å². The van der Waals surface area contributed by atoms with E-state index in [1.165, 1.54) is 0 Å². The Labute approximate surface area is 88.1 Å². The van der Waals surface area contributed by atoms with Crippen molar-refractivity contribution < 1.29 is 4.52 Å². The number of aromatic amines is 1. The maximum Gasteiger partial charge on any atom is 0.377 e. The zero-order chi connectivity index (χ0) is 9.97. The maximum atomic E-state index is 10.7. The molecule has 1 aromatic carbocycles. The molecule has 1 heterocycles. The molecule has 0 spiro atoms. The average Bonchev–Trinajstić information content (AvgIpc) is 2.51. The summed E-state index contributed by atoms with van der Waals surface area (Å²) in [6, 6.07) is 7.75. The minimum absolute atomic E-state index is 0.396. The van der Waals surface area contributed by atoms with Crippen LogP contribution in [0, 0.1) is 0 Å². The number of halogens is 1. The fourth-order valence-electron chi connectivity index (χ4n) is 1.16. The molecule has 0 fully saturated rings. The number of nitrogens with zero attached hydrogens (tertiary/aromatic N) is 1. The smallest absolute Gasteiger partial charge is 0.362 e. The second-order valence-corrected chi connectivity index (χ2v) is 3.74. The monoisotopic (exact) mass is 254 g/mol. The number of hydrogen-bond donors (Lipinski definition) is 1.